The zero-order valence-electron chi connectivity index (χ0n) is 12.8. The van der Waals surface area contributed by atoms with Crippen LogP contribution in [0, 0.1) is 0 Å². The minimum atomic E-state index is 0.346. The quantitative estimate of drug-likeness (QED) is 0.520. The Morgan fingerprint density at radius 2 is 1.72 bits per heavy atom. The smallest absolute Gasteiger partial charge is 0.168 e. The predicted octanol–water partition coefficient (Wildman–Crippen LogP) is 4.45. The van der Waals surface area contributed by atoms with Gasteiger partial charge in [-0.05, 0) is 24.3 Å². The molecule has 0 aliphatic rings. The summed E-state index contributed by atoms with van der Waals surface area (Å²) in [5.41, 5.74) is 8.40. The number of halogens is 2. The van der Waals surface area contributed by atoms with Gasteiger partial charge in [-0.3, -0.25) is 0 Å². The first kappa shape index (κ1) is 15.7. The summed E-state index contributed by atoms with van der Waals surface area (Å²) < 4.78 is 1.76. The molecular formula is C17H12Cl2N6. The van der Waals surface area contributed by atoms with Crippen LogP contribution in [0.25, 0.3) is 16.7 Å². The average molecular weight is 371 g/mol. The Hall–Kier alpha value is -2.83. The van der Waals surface area contributed by atoms with Gasteiger partial charge in [-0.2, -0.15) is 5.10 Å². The van der Waals surface area contributed by atoms with Gasteiger partial charge in [0.25, 0.3) is 0 Å². The van der Waals surface area contributed by atoms with Gasteiger partial charge in [-0.1, -0.05) is 41.4 Å². The summed E-state index contributed by atoms with van der Waals surface area (Å²) in [7, 11) is 0. The summed E-state index contributed by atoms with van der Waals surface area (Å²) in [6, 6.07) is 13.1. The Morgan fingerprint density at radius 3 is 2.44 bits per heavy atom. The molecule has 8 heteroatoms. The van der Waals surface area contributed by atoms with E-state index in [1.807, 2.05) is 30.3 Å². The molecule has 0 spiro atoms. The molecule has 25 heavy (non-hydrogen) atoms. The van der Waals surface area contributed by atoms with Crippen LogP contribution in [-0.4, -0.2) is 19.7 Å². The zero-order valence-corrected chi connectivity index (χ0v) is 14.3. The fourth-order valence-corrected chi connectivity index (χ4v) is 2.98. The predicted molar refractivity (Wildman–Crippen MR) is 101 cm³/mol. The van der Waals surface area contributed by atoms with Gasteiger partial charge in [0.1, 0.15) is 12.1 Å². The Balaban J connectivity index is 1.78. The van der Waals surface area contributed by atoms with E-state index in [1.54, 1.807) is 23.0 Å². The number of nitrogens with two attached hydrogens (primary N) is 1. The molecule has 0 saturated heterocycles. The number of fused-ring (bicyclic) bond motifs is 1. The molecule has 2 heterocycles. The molecule has 3 N–H and O–H groups in total. The Morgan fingerprint density at radius 1 is 1.00 bits per heavy atom. The van der Waals surface area contributed by atoms with E-state index in [2.05, 4.69) is 20.4 Å². The largest absolute Gasteiger partial charge is 0.396 e. The SMILES string of the molecule is Nc1c(Cl)cc(Nc2ncnc3c2cnn3-c2ccccc2)cc1Cl. The van der Waals surface area contributed by atoms with E-state index in [1.165, 1.54) is 6.33 Å². The molecule has 0 aliphatic carbocycles. The van der Waals surface area contributed by atoms with E-state index in [0.717, 1.165) is 11.1 Å². The minimum absolute atomic E-state index is 0.346. The van der Waals surface area contributed by atoms with Crippen LogP contribution in [0.15, 0.2) is 55.0 Å². The van der Waals surface area contributed by atoms with E-state index < -0.39 is 0 Å². The van der Waals surface area contributed by atoms with Crippen LogP contribution in [0.4, 0.5) is 17.2 Å². The fourth-order valence-electron chi connectivity index (χ4n) is 2.50. The van der Waals surface area contributed by atoms with Crippen molar-refractivity contribution in [2.24, 2.45) is 0 Å². The van der Waals surface area contributed by atoms with Gasteiger partial charge in [-0.25, -0.2) is 14.6 Å². The number of nitrogens with zero attached hydrogens (tertiary/aromatic N) is 4. The molecule has 0 atom stereocenters. The van der Waals surface area contributed by atoms with Crippen molar-refractivity contribution >= 4 is 51.4 Å². The topological polar surface area (TPSA) is 81.7 Å². The first-order valence-electron chi connectivity index (χ1n) is 7.39. The second kappa shape index (κ2) is 6.23. The number of nitrogen functional groups attached to an aromatic ring is 1. The monoisotopic (exact) mass is 370 g/mol. The summed E-state index contributed by atoms with van der Waals surface area (Å²) >= 11 is 12.2. The number of aromatic nitrogens is 4. The summed E-state index contributed by atoms with van der Waals surface area (Å²) in [6.07, 6.45) is 3.19. The van der Waals surface area contributed by atoms with Gasteiger partial charge in [0, 0.05) is 5.69 Å². The maximum Gasteiger partial charge on any atom is 0.168 e. The van der Waals surface area contributed by atoms with Gasteiger partial charge < -0.3 is 11.1 Å². The van der Waals surface area contributed by atoms with Crippen LogP contribution in [0.5, 0.6) is 0 Å². The number of hydrogen-bond donors (Lipinski definition) is 2. The van der Waals surface area contributed by atoms with Crippen molar-refractivity contribution in [3.63, 3.8) is 0 Å². The first-order valence-corrected chi connectivity index (χ1v) is 8.15. The lowest BCUT2D eigenvalue weighted by Gasteiger charge is -2.09. The van der Waals surface area contributed by atoms with Gasteiger partial charge in [0.2, 0.25) is 0 Å². The molecule has 124 valence electrons. The second-order valence-electron chi connectivity index (χ2n) is 5.33. The lowest BCUT2D eigenvalue weighted by Crippen LogP contribution is -1.99. The van der Waals surface area contributed by atoms with Crippen LogP contribution < -0.4 is 11.1 Å². The van der Waals surface area contributed by atoms with Crippen LogP contribution in [0.1, 0.15) is 0 Å². The molecule has 2 aromatic heterocycles. The molecule has 4 aromatic rings. The van der Waals surface area contributed by atoms with Gasteiger partial charge in [0.05, 0.1) is 33.0 Å². The highest BCUT2D eigenvalue weighted by Gasteiger charge is 2.12. The van der Waals surface area contributed by atoms with Crippen molar-refractivity contribution in [2.45, 2.75) is 0 Å². The molecule has 2 aromatic carbocycles. The van der Waals surface area contributed by atoms with E-state index in [9.17, 15) is 0 Å². The maximum absolute atomic E-state index is 6.09. The van der Waals surface area contributed by atoms with Crippen molar-refractivity contribution in [3.8, 4) is 5.69 Å². The van der Waals surface area contributed by atoms with Crippen molar-refractivity contribution in [1.29, 1.82) is 0 Å². The molecule has 0 bridgehead atoms. The van der Waals surface area contributed by atoms with Crippen molar-refractivity contribution in [1.82, 2.24) is 19.7 Å². The third-order valence-corrected chi connectivity index (χ3v) is 4.33. The van der Waals surface area contributed by atoms with E-state index >= 15 is 0 Å². The molecule has 0 amide bonds. The summed E-state index contributed by atoms with van der Waals surface area (Å²) in [6.45, 7) is 0. The van der Waals surface area contributed by atoms with Crippen LogP contribution in [0.2, 0.25) is 10.0 Å². The summed E-state index contributed by atoms with van der Waals surface area (Å²) in [5.74, 6) is 0.601. The lowest BCUT2D eigenvalue weighted by atomic mass is 10.2. The highest BCUT2D eigenvalue weighted by Crippen LogP contribution is 2.33. The molecule has 0 saturated carbocycles. The highest BCUT2D eigenvalue weighted by molar-refractivity contribution is 6.39. The molecule has 0 unspecified atom stereocenters. The Labute approximate surface area is 153 Å². The van der Waals surface area contributed by atoms with Crippen molar-refractivity contribution < 1.29 is 0 Å². The van der Waals surface area contributed by atoms with Gasteiger partial charge in [-0.15, -0.1) is 0 Å². The minimum Gasteiger partial charge on any atom is -0.396 e. The van der Waals surface area contributed by atoms with Crippen LogP contribution in [0.3, 0.4) is 0 Å². The van der Waals surface area contributed by atoms with E-state index in [0.29, 0.717) is 32.9 Å². The van der Waals surface area contributed by atoms with E-state index in [4.69, 9.17) is 28.9 Å². The van der Waals surface area contributed by atoms with Gasteiger partial charge >= 0.3 is 0 Å². The molecule has 4 rings (SSSR count). The average Bonchev–Trinajstić information content (AvgIpc) is 3.05. The lowest BCUT2D eigenvalue weighted by molar-refractivity contribution is 0.895. The molecule has 0 aliphatic heterocycles. The van der Waals surface area contributed by atoms with Crippen molar-refractivity contribution in [3.05, 3.63) is 65.0 Å². The van der Waals surface area contributed by atoms with Crippen LogP contribution in [-0.2, 0) is 0 Å². The molecule has 0 fully saturated rings. The number of anilines is 3. The third kappa shape index (κ3) is 2.86. The summed E-state index contributed by atoms with van der Waals surface area (Å²) in [5, 5.41) is 9.13. The molecule has 6 nitrogen and oxygen atoms in total. The third-order valence-electron chi connectivity index (χ3n) is 3.71. The number of hydrogen-bond acceptors (Lipinski definition) is 5. The molecule has 0 radical (unpaired) electrons. The zero-order chi connectivity index (χ0) is 17.4. The first-order chi connectivity index (χ1) is 12.1. The Kier molecular flexibility index (Phi) is 3.91. The van der Waals surface area contributed by atoms with Crippen LogP contribution >= 0.6 is 23.2 Å². The number of benzene rings is 2. The summed E-state index contributed by atoms with van der Waals surface area (Å²) in [4.78, 5) is 8.64. The maximum atomic E-state index is 6.09. The van der Waals surface area contributed by atoms with Crippen molar-refractivity contribution in [2.75, 3.05) is 11.1 Å². The normalized spacial score (nSPS) is 11.0. The van der Waals surface area contributed by atoms with E-state index in [-0.39, 0.29) is 0 Å². The molecular weight excluding hydrogens is 359 g/mol. The second-order valence-corrected chi connectivity index (χ2v) is 6.14. The Bertz CT molecular complexity index is 1040. The highest BCUT2D eigenvalue weighted by atomic mass is 35.5. The number of rotatable bonds is 3. The fraction of sp³-hybridized carbons (Fsp3) is 0. The number of para-hydroxylation sites is 1. The van der Waals surface area contributed by atoms with Gasteiger partial charge in [0.15, 0.2) is 5.65 Å². The number of nitrogens with one attached hydrogen (secondary N) is 1. The standard InChI is InChI=1S/C17H12Cl2N6/c18-13-6-10(7-14(19)15(13)20)24-16-12-8-23-25(17(12)22-9-21-16)11-4-2-1-3-5-11/h1-9H,20H2,(H,21,22,24).